The van der Waals surface area contributed by atoms with Crippen LogP contribution in [0.15, 0.2) is 34.9 Å². The van der Waals surface area contributed by atoms with Gasteiger partial charge in [0.2, 0.25) is 5.75 Å². The van der Waals surface area contributed by atoms with Gasteiger partial charge < -0.3 is 23.9 Å². The highest BCUT2D eigenvalue weighted by molar-refractivity contribution is 5.54. The van der Waals surface area contributed by atoms with E-state index in [4.69, 9.17) is 18.6 Å². The molecule has 5 heteroatoms. The zero-order chi connectivity index (χ0) is 14.7. The predicted octanol–water partition coefficient (Wildman–Crippen LogP) is 2.91. The minimum absolute atomic E-state index is 0.138. The van der Waals surface area contributed by atoms with E-state index in [1.165, 1.54) is 0 Å². The first kappa shape index (κ1) is 13.8. The van der Waals surface area contributed by atoms with Crippen LogP contribution in [0.5, 0.6) is 17.2 Å². The van der Waals surface area contributed by atoms with E-state index >= 15 is 0 Å². The smallest absolute Gasteiger partial charge is 0.203 e. The van der Waals surface area contributed by atoms with Crippen LogP contribution in [0.1, 0.15) is 24.3 Å². The third-order valence-corrected chi connectivity index (χ3v) is 3.47. The van der Waals surface area contributed by atoms with Crippen molar-refractivity contribution in [3.63, 3.8) is 0 Å². The van der Waals surface area contributed by atoms with Crippen LogP contribution >= 0.6 is 0 Å². The lowest BCUT2D eigenvalue weighted by molar-refractivity contribution is 0.165. The third kappa shape index (κ3) is 2.97. The van der Waals surface area contributed by atoms with Crippen molar-refractivity contribution in [1.82, 2.24) is 5.32 Å². The maximum absolute atomic E-state index is 5.63. The SMILES string of the molecule is COc1cc(CN[C@H](C)c2ccco2)cc2c1OCCO2. The monoisotopic (exact) mass is 289 g/mol. The van der Waals surface area contributed by atoms with Gasteiger partial charge in [-0.05, 0) is 36.8 Å². The Morgan fingerprint density at radius 3 is 2.90 bits per heavy atom. The standard InChI is InChI=1S/C16H19NO4/c1-11(13-4-3-5-19-13)17-10-12-8-14(18-2)16-15(9-12)20-6-7-21-16/h3-5,8-9,11,17H,6-7,10H2,1-2H3/t11-/m1/s1. The summed E-state index contributed by atoms with van der Waals surface area (Å²) in [5.41, 5.74) is 1.08. The van der Waals surface area contributed by atoms with E-state index in [1.807, 2.05) is 24.3 Å². The predicted molar refractivity (Wildman–Crippen MR) is 77.9 cm³/mol. The van der Waals surface area contributed by atoms with E-state index in [2.05, 4.69) is 12.2 Å². The summed E-state index contributed by atoms with van der Waals surface area (Å²) in [6.45, 7) is 3.87. The van der Waals surface area contributed by atoms with Crippen molar-refractivity contribution in [1.29, 1.82) is 0 Å². The highest BCUT2D eigenvalue weighted by Crippen LogP contribution is 2.40. The first-order chi connectivity index (χ1) is 10.3. The molecule has 0 radical (unpaired) electrons. The molecule has 1 aromatic heterocycles. The van der Waals surface area contributed by atoms with Crippen LogP contribution in [0.25, 0.3) is 0 Å². The summed E-state index contributed by atoms with van der Waals surface area (Å²) in [6.07, 6.45) is 1.68. The van der Waals surface area contributed by atoms with Crippen molar-refractivity contribution in [2.75, 3.05) is 20.3 Å². The van der Waals surface area contributed by atoms with E-state index in [9.17, 15) is 0 Å². The van der Waals surface area contributed by atoms with Crippen molar-refractivity contribution >= 4 is 0 Å². The van der Waals surface area contributed by atoms with E-state index in [1.54, 1.807) is 13.4 Å². The van der Waals surface area contributed by atoms with E-state index in [-0.39, 0.29) is 6.04 Å². The molecule has 0 aliphatic carbocycles. The molecule has 5 nitrogen and oxygen atoms in total. The average Bonchev–Trinajstić information content (AvgIpc) is 3.06. The van der Waals surface area contributed by atoms with Gasteiger partial charge in [-0.3, -0.25) is 0 Å². The quantitative estimate of drug-likeness (QED) is 0.917. The summed E-state index contributed by atoms with van der Waals surface area (Å²) in [7, 11) is 1.64. The molecular formula is C16H19NO4. The van der Waals surface area contributed by atoms with Crippen LogP contribution < -0.4 is 19.5 Å². The number of methoxy groups -OCH3 is 1. The highest BCUT2D eigenvalue weighted by atomic mass is 16.6. The number of ether oxygens (including phenoxy) is 3. The summed E-state index contributed by atoms with van der Waals surface area (Å²) in [4.78, 5) is 0. The molecule has 1 aromatic carbocycles. The largest absolute Gasteiger partial charge is 0.493 e. The molecule has 0 saturated heterocycles. The zero-order valence-electron chi connectivity index (χ0n) is 12.2. The Hall–Kier alpha value is -2.14. The fraction of sp³-hybridized carbons (Fsp3) is 0.375. The lowest BCUT2D eigenvalue weighted by Gasteiger charge is -2.22. The third-order valence-electron chi connectivity index (χ3n) is 3.47. The Bertz CT molecular complexity index is 577. The average molecular weight is 289 g/mol. The van der Waals surface area contributed by atoms with Crippen LogP contribution in [-0.2, 0) is 6.54 Å². The molecule has 3 rings (SSSR count). The lowest BCUT2D eigenvalue weighted by Crippen LogP contribution is -2.19. The fourth-order valence-electron chi connectivity index (χ4n) is 2.34. The molecule has 0 bridgehead atoms. The number of rotatable bonds is 5. The van der Waals surface area contributed by atoms with Crippen molar-refractivity contribution in [3.8, 4) is 17.2 Å². The Kier molecular flexibility index (Phi) is 4.01. The maximum Gasteiger partial charge on any atom is 0.203 e. The minimum atomic E-state index is 0.138. The normalized spacial score (nSPS) is 14.8. The first-order valence-corrected chi connectivity index (χ1v) is 7.01. The number of hydrogen-bond donors (Lipinski definition) is 1. The van der Waals surface area contributed by atoms with Crippen LogP contribution in [0.4, 0.5) is 0 Å². The van der Waals surface area contributed by atoms with Gasteiger partial charge in [-0.1, -0.05) is 0 Å². The number of furan rings is 1. The number of fused-ring (bicyclic) bond motifs is 1. The molecule has 1 N–H and O–H groups in total. The molecule has 0 unspecified atom stereocenters. The second kappa shape index (κ2) is 6.10. The van der Waals surface area contributed by atoms with Crippen LogP contribution in [0, 0.1) is 0 Å². The summed E-state index contributed by atoms with van der Waals surface area (Å²) in [5, 5.41) is 3.41. The lowest BCUT2D eigenvalue weighted by atomic mass is 10.1. The summed E-state index contributed by atoms with van der Waals surface area (Å²) in [5.74, 6) is 3.05. The van der Waals surface area contributed by atoms with Gasteiger partial charge in [0.25, 0.3) is 0 Å². The molecule has 1 aliphatic rings. The maximum atomic E-state index is 5.63. The van der Waals surface area contributed by atoms with Gasteiger partial charge >= 0.3 is 0 Å². The Balaban J connectivity index is 1.73. The van der Waals surface area contributed by atoms with Gasteiger partial charge in [-0.2, -0.15) is 0 Å². The van der Waals surface area contributed by atoms with E-state index in [0.29, 0.717) is 31.3 Å². The molecule has 112 valence electrons. The number of benzene rings is 1. The molecule has 0 amide bonds. The Labute approximate surface area is 123 Å². The summed E-state index contributed by atoms with van der Waals surface area (Å²) >= 11 is 0. The van der Waals surface area contributed by atoms with E-state index in [0.717, 1.165) is 17.1 Å². The van der Waals surface area contributed by atoms with Crippen LogP contribution in [0.2, 0.25) is 0 Å². The minimum Gasteiger partial charge on any atom is -0.493 e. The second-order valence-electron chi connectivity index (χ2n) is 4.94. The molecule has 21 heavy (non-hydrogen) atoms. The van der Waals surface area contributed by atoms with Crippen LogP contribution in [0.3, 0.4) is 0 Å². The van der Waals surface area contributed by atoms with Gasteiger partial charge in [0.05, 0.1) is 19.4 Å². The van der Waals surface area contributed by atoms with Gasteiger partial charge in [-0.25, -0.2) is 0 Å². The molecule has 2 heterocycles. The second-order valence-corrected chi connectivity index (χ2v) is 4.94. The summed E-state index contributed by atoms with van der Waals surface area (Å²) < 4.78 is 22.0. The van der Waals surface area contributed by atoms with Gasteiger partial charge in [0, 0.05) is 6.54 Å². The molecule has 0 fully saturated rings. The zero-order valence-corrected chi connectivity index (χ0v) is 12.2. The molecule has 0 spiro atoms. The molecule has 0 saturated carbocycles. The van der Waals surface area contributed by atoms with Crippen LogP contribution in [-0.4, -0.2) is 20.3 Å². The number of hydrogen-bond acceptors (Lipinski definition) is 5. The first-order valence-electron chi connectivity index (χ1n) is 7.01. The topological polar surface area (TPSA) is 52.9 Å². The fourth-order valence-corrected chi connectivity index (χ4v) is 2.34. The molecule has 2 aromatic rings. The van der Waals surface area contributed by atoms with Gasteiger partial charge in [-0.15, -0.1) is 0 Å². The summed E-state index contributed by atoms with van der Waals surface area (Å²) in [6, 6.07) is 7.94. The molecular weight excluding hydrogens is 270 g/mol. The molecule has 1 aliphatic heterocycles. The van der Waals surface area contributed by atoms with Crippen molar-refractivity contribution < 1.29 is 18.6 Å². The number of nitrogens with one attached hydrogen (secondary N) is 1. The highest BCUT2D eigenvalue weighted by Gasteiger charge is 2.18. The molecule has 1 atom stereocenters. The van der Waals surface area contributed by atoms with Gasteiger partial charge in [0.15, 0.2) is 11.5 Å². The van der Waals surface area contributed by atoms with Gasteiger partial charge in [0.1, 0.15) is 19.0 Å². The van der Waals surface area contributed by atoms with E-state index < -0.39 is 0 Å². The Morgan fingerprint density at radius 1 is 1.29 bits per heavy atom. The van der Waals surface area contributed by atoms with Crippen molar-refractivity contribution in [2.45, 2.75) is 19.5 Å². The Morgan fingerprint density at radius 2 is 2.14 bits per heavy atom. The van der Waals surface area contributed by atoms with Crippen molar-refractivity contribution in [3.05, 3.63) is 41.9 Å². The van der Waals surface area contributed by atoms with Crippen molar-refractivity contribution in [2.24, 2.45) is 0 Å².